The first-order chi connectivity index (χ1) is 5.11. The van der Waals surface area contributed by atoms with Gasteiger partial charge in [-0.2, -0.15) is 0 Å². The normalized spacial score (nSPS) is 11.4. The van der Waals surface area contributed by atoms with Crippen molar-refractivity contribution in [1.29, 1.82) is 0 Å². The summed E-state index contributed by atoms with van der Waals surface area (Å²) in [5.74, 6) is 2.31. The third kappa shape index (κ3) is 2.26. The molecule has 0 amide bonds. The van der Waals surface area contributed by atoms with Crippen molar-refractivity contribution in [2.75, 3.05) is 13.3 Å². The van der Waals surface area contributed by atoms with Crippen LogP contribution < -0.4 is 5.04 Å². The molecule has 1 aromatic heterocycles. The highest BCUT2D eigenvalue weighted by molar-refractivity contribution is 7.73. The Morgan fingerprint density at radius 2 is 1.82 bits per heavy atom. The fraction of sp³-hybridized carbons (Fsp3) is 0.444. The Morgan fingerprint density at radius 3 is 2.27 bits per heavy atom. The van der Waals surface area contributed by atoms with E-state index in [1.165, 1.54) is 19.3 Å². The largest absolute Gasteiger partial charge is 0.0766 e. The Balaban J connectivity index is 3.05. The van der Waals surface area contributed by atoms with Crippen LogP contribution in [0.5, 0.6) is 0 Å². The summed E-state index contributed by atoms with van der Waals surface area (Å²) in [4.78, 5) is 0. The summed E-state index contributed by atoms with van der Waals surface area (Å²) in [7, 11) is 1.54. The summed E-state index contributed by atoms with van der Waals surface area (Å²) in [6, 6.07) is 2.35. The third-order valence-electron chi connectivity index (χ3n) is 1.82. The van der Waals surface area contributed by atoms with Gasteiger partial charge in [-0.25, -0.2) is 0 Å². The molecule has 0 fully saturated rings. The van der Waals surface area contributed by atoms with E-state index in [-0.39, 0.29) is 7.92 Å². The zero-order chi connectivity index (χ0) is 8.43. The standard InChI is InChI=1S/C9H14P2/c1-7-5-9(11(3)4)10-6-8(7)2/h5-6H,1-4H3. The van der Waals surface area contributed by atoms with Crippen LogP contribution in [0.1, 0.15) is 11.1 Å². The molecule has 0 spiro atoms. The maximum atomic E-state index is 2.35. The van der Waals surface area contributed by atoms with Crippen LogP contribution in [0, 0.1) is 13.8 Å². The van der Waals surface area contributed by atoms with Gasteiger partial charge in [0, 0.05) is 5.04 Å². The van der Waals surface area contributed by atoms with E-state index >= 15 is 0 Å². The van der Waals surface area contributed by atoms with Gasteiger partial charge in [0.15, 0.2) is 0 Å². The first-order valence-electron chi connectivity index (χ1n) is 3.72. The lowest BCUT2D eigenvalue weighted by Gasteiger charge is -2.07. The van der Waals surface area contributed by atoms with Crippen LogP contribution in [0.15, 0.2) is 11.9 Å². The summed E-state index contributed by atoms with van der Waals surface area (Å²) in [6.07, 6.45) is 0. The number of aryl methyl sites for hydroxylation is 2. The maximum absolute atomic E-state index is 2.35. The van der Waals surface area contributed by atoms with Gasteiger partial charge in [-0.3, -0.25) is 0 Å². The van der Waals surface area contributed by atoms with Crippen molar-refractivity contribution in [3.8, 4) is 0 Å². The van der Waals surface area contributed by atoms with Crippen LogP contribution >= 0.6 is 16.1 Å². The molecule has 1 rings (SSSR count). The Bertz CT molecular complexity index is 254. The Labute approximate surface area is 71.9 Å². The van der Waals surface area contributed by atoms with Crippen LogP contribution in [0.3, 0.4) is 0 Å². The van der Waals surface area contributed by atoms with E-state index < -0.39 is 0 Å². The minimum absolute atomic E-state index is 0.119. The quantitative estimate of drug-likeness (QED) is 0.587. The third-order valence-corrected chi connectivity index (χ3v) is 5.32. The van der Waals surface area contributed by atoms with Gasteiger partial charge in [0.25, 0.3) is 0 Å². The lowest BCUT2D eigenvalue weighted by atomic mass is 10.2. The molecule has 0 atom stereocenters. The average molecular weight is 184 g/mol. The van der Waals surface area contributed by atoms with Crippen LogP contribution in [0.2, 0.25) is 0 Å². The van der Waals surface area contributed by atoms with Gasteiger partial charge < -0.3 is 0 Å². The molecule has 11 heavy (non-hydrogen) atoms. The average Bonchev–Trinajstić information content (AvgIpc) is 1.94. The van der Waals surface area contributed by atoms with Crippen molar-refractivity contribution in [3.05, 3.63) is 23.0 Å². The molecule has 1 aromatic rings. The van der Waals surface area contributed by atoms with Crippen LogP contribution in [-0.4, -0.2) is 13.3 Å². The molecule has 0 nitrogen and oxygen atoms in total. The van der Waals surface area contributed by atoms with Gasteiger partial charge >= 0.3 is 0 Å². The van der Waals surface area contributed by atoms with Gasteiger partial charge in [0.2, 0.25) is 0 Å². The van der Waals surface area contributed by atoms with Crippen molar-refractivity contribution in [2.45, 2.75) is 13.8 Å². The van der Waals surface area contributed by atoms with Crippen molar-refractivity contribution in [1.82, 2.24) is 0 Å². The maximum Gasteiger partial charge on any atom is 0.00276 e. The predicted octanol–water partition coefficient (Wildman–Crippen LogP) is 3.25. The van der Waals surface area contributed by atoms with Gasteiger partial charge in [0.1, 0.15) is 0 Å². The van der Waals surface area contributed by atoms with Gasteiger partial charge in [-0.05, 0) is 50.2 Å². The van der Waals surface area contributed by atoms with E-state index in [1.807, 2.05) is 0 Å². The first kappa shape index (κ1) is 9.17. The van der Waals surface area contributed by atoms with Crippen LogP contribution in [0.25, 0.3) is 0 Å². The van der Waals surface area contributed by atoms with Crippen LogP contribution in [0.4, 0.5) is 0 Å². The van der Waals surface area contributed by atoms with E-state index in [0.717, 1.165) is 0 Å². The topological polar surface area (TPSA) is 0 Å². The highest BCUT2D eigenvalue weighted by Gasteiger charge is 1.99. The molecule has 0 aromatic carbocycles. The zero-order valence-electron chi connectivity index (χ0n) is 7.55. The highest BCUT2D eigenvalue weighted by Crippen LogP contribution is 2.29. The predicted molar refractivity (Wildman–Crippen MR) is 56.8 cm³/mol. The molecule has 0 N–H and O–H groups in total. The smallest absolute Gasteiger partial charge is 0.00276 e. The summed E-state index contributed by atoms with van der Waals surface area (Å²) < 4.78 is 0. The molecule has 2 heteroatoms. The fourth-order valence-corrected chi connectivity index (χ4v) is 3.20. The molecule has 0 aliphatic rings. The van der Waals surface area contributed by atoms with Gasteiger partial charge in [0.05, 0.1) is 0 Å². The highest BCUT2D eigenvalue weighted by atomic mass is 31.1. The zero-order valence-corrected chi connectivity index (χ0v) is 9.34. The Morgan fingerprint density at radius 1 is 1.18 bits per heavy atom. The minimum atomic E-state index is 0.119. The molecular formula is C9H14P2. The molecule has 0 aliphatic carbocycles. The lowest BCUT2D eigenvalue weighted by molar-refractivity contribution is 1.38. The number of hydrogen-bond donors (Lipinski definition) is 0. The summed E-state index contributed by atoms with van der Waals surface area (Å²) in [5.41, 5.74) is 2.88. The molecule has 0 radical (unpaired) electrons. The van der Waals surface area contributed by atoms with E-state index in [4.69, 9.17) is 0 Å². The van der Waals surface area contributed by atoms with Crippen molar-refractivity contribution in [3.63, 3.8) is 0 Å². The second kappa shape index (κ2) is 3.65. The second-order valence-corrected chi connectivity index (χ2v) is 6.64. The van der Waals surface area contributed by atoms with Crippen molar-refractivity contribution in [2.24, 2.45) is 0 Å². The molecular weight excluding hydrogens is 170 g/mol. The summed E-state index contributed by atoms with van der Waals surface area (Å²) in [5, 5.41) is 1.60. The molecule has 0 aliphatic heterocycles. The Hall–Kier alpha value is 0.0800. The van der Waals surface area contributed by atoms with E-state index in [9.17, 15) is 0 Å². The molecule has 0 unspecified atom stereocenters. The molecule has 1 heterocycles. The Kier molecular flexibility index (Phi) is 3.05. The fourth-order valence-electron chi connectivity index (χ4n) is 0.854. The van der Waals surface area contributed by atoms with Gasteiger partial charge in [-0.1, -0.05) is 16.1 Å². The van der Waals surface area contributed by atoms with E-state index in [1.54, 1.807) is 5.04 Å². The molecule has 0 saturated carbocycles. The monoisotopic (exact) mass is 184 g/mol. The van der Waals surface area contributed by atoms with E-state index in [2.05, 4.69) is 39.0 Å². The van der Waals surface area contributed by atoms with Gasteiger partial charge in [-0.15, -0.1) is 0 Å². The van der Waals surface area contributed by atoms with E-state index in [0.29, 0.717) is 0 Å². The summed E-state index contributed by atoms with van der Waals surface area (Å²) >= 11 is 0. The minimum Gasteiger partial charge on any atom is -0.0766 e. The summed E-state index contributed by atoms with van der Waals surface area (Å²) in [6.45, 7) is 9.01. The molecule has 0 saturated heterocycles. The van der Waals surface area contributed by atoms with Crippen LogP contribution in [-0.2, 0) is 0 Å². The molecule has 0 bridgehead atoms. The van der Waals surface area contributed by atoms with Crippen molar-refractivity contribution < 1.29 is 0 Å². The number of rotatable bonds is 1. The first-order valence-corrected chi connectivity index (χ1v) is 6.92. The van der Waals surface area contributed by atoms with Crippen molar-refractivity contribution >= 4 is 21.2 Å². The second-order valence-electron chi connectivity index (χ2n) is 3.02. The lowest BCUT2D eigenvalue weighted by Crippen LogP contribution is -1.94. The molecule has 60 valence electrons. The number of hydrogen-bond acceptors (Lipinski definition) is 0. The SMILES string of the molecule is Cc1cpc(P(C)C)cc1C.